The highest BCUT2D eigenvalue weighted by Gasteiger charge is 2.21. The van der Waals surface area contributed by atoms with Crippen LogP contribution in [-0.2, 0) is 0 Å². The third-order valence-corrected chi connectivity index (χ3v) is 8.63. The Kier molecular flexibility index (Phi) is 5.87. The van der Waals surface area contributed by atoms with Crippen molar-refractivity contribution >= 4 is 21.9 Å². The fraction of sp³-hybridized carbons (Fsp3) is 0. The summed E-state index contributed by atoms with van der Waals surface area (Å²) >= 11 is 0. The van der Waals surface area contributed by atoms with Crippen molar-refractivity contribution in [2.75, 3.05) is 0 Å². The summed E-state index contributed by atoms with van der Waals surface area (Å²) in [6, 6.07) is 45.5. The molecule has 0 aliphatic rings. The van der Waals surface area contributed by atoms with Crippen LogP contribution in [0.25, 0.3) is 89.5 Å². The third kappa shape index (κ3) is 5.35. The molecule has 0 amide bonds. The summed E-state index contributed by atoms with van der Waals surface area (Å²) in [6.45, 7) is 0. The molecule has 2 aromatic heterocycles. The van der Waals surface area contributed by atoms with Crippen molar-refractivity contribution in [2.24, 2.45) is 0 Å². The molecule has 0 aliphatic carbocycles. The maximum absolute atomic E-state index is 8.87. The molecule has 0 fully saturated rings. The number of rotatable bonds is 6. The van der Waals surface area contributed by atoms with Gasteiger partial charge in [-0.2, -0.15) is 0 Å². The van der Waals surface area contributed by atoms with Crippen molar-refractivity contribution in [3.63, 3.8) is 0 Å². The van der Waals surface area contributed by atoms with Gasteiger partial charge < -0.3 is 4.42 Å². The van der Waals surface area contributed by atoms with E-state index in [1.807, 2.05) is 121 Å². The van der Waals surface area contributed by atoms with Gasteiger partial charge in [-0.25, -0.2) is 15.0 Å². The van der Waals surface area contributed by atoms with E-state index in [2.05, 4.69) is 24.3 Å². The van der Waals surface area contributed by atoms with Gasteiger partial charge in [-0.3, -0.25) is 0 Å². The Morgan fingerprint density at radius 3 is 1.59 bits per heavy atom. The average Bonchev–Trinajstić information content (AvgIpc) is 3.62. The van der Waals surface area contributed by atoms with Gasteiger partial charge in [0.1, 0.15) is 11.2 Å². The van der Waals surface area contributed by atoms with E-state index >= 15 is 0 Å². The monoisotopic (exact) mass is 632 g/mol. The molecule has 0 saturated heterocycles. The Balaban J connectivity index is 1.31. The van der Waals surface area contributed by atoms with Crippen LogP contribution >= 0.6 is 0 Å². The van der Waals surface area contributed by atoms with Gasteiger partial charge in [-0.1, -0.05) is 158 Å². The van der Waals surface area contributed by atoms with E-state index in [9.17, 15) is 0 Å². The molecular weight excluding hydrogens is 599 g/mol. The normalized spacial score (nSPS) is 12.7. The van der Waals surface area contributed by atoms with Crippen LogP contribution in [0.4, 0.5) is 0 Å². The number of fused-ring (bicyclic) bond motifs is 3. The summed E-state index contributed by atoms with van der Waals surface area (Å²) in [5.41, 5.74) is 7.64. The maximum Gasteiger partial charge on any atom is 0.164 e. The lowest BCUT2D eigenvalue weighted by Gasteiger charge is -2.10. The van der Waals surface area contributed by atoms with E-state index in [-0.39, 0.29) is 17.6 Å². The maximum atomic E-state index is 8.87. The number of aromatic nitrogens is 3. The largest absolute Gasteiger partial charge is 0.455 e. The van der Waals surface area contributed by atoms with Crippen molar-refractivity contribution in [1.29, 1.82) is 0 Å². The predicted molar refractivity (Wildman–Crippen MR) is 200 cm³/mol. The van der Waals surface area contributed by atoms with Crippen LogP contribution in [-0.4, -0.2) is 15.0 Å². The van der Waals surface area contributed by atoms with Gasteiger partial charge in [0.25, 0.3) is 0 Å². The zero-order valence-electron chi connectivity index (χ0n) is 31.1. The summed E-state index contributed by atoms with van der Waals surface area (Å²) in [6.07, 6.45) is 0. The van der Waals surface area contributed by atoms with Crippen LogP contribution in [0.1, 0.15) is 6.85 Å². The molecule has 0 aliphatic heterocycles. The minimum absolute atomic E-state index is 0.0668. The average molecular weight is 633 g/mol. The Morgan fingerprint density at radius 1 is 0.408 bits per heavy atom. The number of benzene rings is 7. The lowest BCUT2D eigenvalue weighted by Crippen LogP contribution is -2.00. The van der Waals surface area contributed by atoms with Gasteiger partial charge in [-0.05, 0) is 46.0 Å². The standard InChI is InChI=1S/C45H29N3O/c1-5-14-30(15-6-1)32-24-26-35(27-25-32)44-46-43(34-20-11-4-12-21-34)47-45(48-44)37-22-13-23-40-41(37)39-29-36(31-16-7-2-8-17-31)28-38(42(39)49-40)33-18-9-3-10-19-33/h1-29H/i3D,9D,10D,18D,19D. The third-order valence-electron chi connectivity index (χ3n) is 8.63. The molecule has 0 saturated carbocycles. The lowest BCUT2D eigenvalue weighted by atomic mass is 9.95. The minimum atomic E-state index is -0.453. The van der Waals surface area contributed by atoms with Gasteiger partial charge in [0.05, 0.1) is 6.85 Å². The molecule has 2 heterocycles. The number of hydrogen-bond donors (Lipinski definition) is 0. The first kappa shape index (κ1) is 23.6. The Bertz CT molecular complexity index is 2830. The fourth-order valence-electron chi connectivity index (χ4n) is 6.27. The van der Waals surface area contributed by atoms with Gasteiger partial charge in [-0.15, -0.1) is 0 Å². The summed E-state index contributed by atoms with van der Waals surface area (Å²) < 4.78 is 49.4. The van der Waals surface area contributed by atoms with Crippen LogP contribution in [0.5, 0.6) is 0 Å². The topological polar surface area (TPSA) is 51.8 Å². The van der Waals surface area contributed by atoms with Crippen molar-refractivity contribution < 1.29 is 11.3 Å². The summed E-state index contributed by atoms with van der Waals surface area (Å²) in [4.78, 5) is 15.0. The van der Waals surface area contributed by atoms with Crippen LogP contribution in [0, 0.1) is 0 Å². The number of furan rings is 1. The lowest BCUT2D eigenvalue weighted by molar-refractivity contribution is 0.670. The molecule has 4 nitrogen and oxygen atoms in total. The molecule has 0 unspecified atom stereocenters. The molecule has 4 heteroatoms. The van der Waals surface area contributed by atoms with Gasteiger partial charge in [0.15, 0.2) is 17.5 Å². The van der Waals surface area contributed by atoms with Crippen molar-refractivity contribution in [1.82, 2.24) is 15.0 Å². The minimum Gasteiger partial charge on any atom is -0.455 e. The van der Waals surface area contributed by atoms with Crippen molar-refractivity contribution in [2.45, 2.75) is 0 Å². The smallest absolute Gasteiger partial charge is 0.164 e. The van der Waals surface area contributed by atoms with E-state index in [1.54, 1.807) is 0 Å². The Morgan fingerprint density at radius 2 is 0.939 bits per heavy atom. The zero-order valence-corrected chi connectivity index (χ0v) is 26.1. The van der Waals surface area contributed by atoms with Gasteiger partial charge >= 0.3 is 0 Å². The Hall–Kier alpha value is -6.65. The predicted octanol–water partition coefficient (Wildman–Crippen LogP) is 11.8. The molecule has 7 aromatic carbocycles. The van der Waals surface area contributed by atoms with Gasteiger partial charge in [0, 0.05) is 33.0 Å². The van der Waals surface area contributed by atoms with E-state index in [1.165, 1.54) is 0 Å². The first-order valence-electron chi connectivity index (χ1n) is 18.5. The molecule has 0 atom stereocenters. The molecule has 0 bridgehead atoms. The first-order chi connectivity index (χ1) is 26.4. The van der Waals surface area contributed by atoms with Crippen LogP contribution in [0.15, 0.2) is 180 Å². The summed E-state index contributed by atoms with van der Waals surface area (Å²) in [5.74, 6) is 1.46. The summed E-state index contributed by atoms with van der Waals surface area (Å²) in [7, 11) is 0. The fourth-order valence-corrected chi connectivity index (χ4v) is 6.27. The first-order valence-corrected chi connectivity index (χ1v) is 16.0. The molecule has 9 rings (SSSR count). The van der Waals surface area contributed by atoms with E-state index in [4.69, 9.17) is 26.2 Å². The SMILES string of the molecule is [2H]c1c([2H])c([2H])c(-c2cc(-c3ccccc3)cc3c2oc2cccc(-c4nc(-c5ccccc5)nc(-c5ccc(-c6ccccc6)cc5)n4)c23)c([2H])c1[2H]. The molecule has 49 heavy (non-hydrogen) atoms. The van der Waals surface area contributed by atoms with Crippen molar-refractivity contribution in [3.8, 4) is 67.5 Å². The molecule has 0 spiro atoms. The zero-order chi connectivity index (χ0) is 36.9. The molecule has 9 aromatic rings. The van der Waals surface area contributed by atoms with E-state index < -0.39 is 18.1 Å². The van der Waals surface area contributed by atoms with E-state index in [0.29, 0.717) is 45.2 Å². The molecule has 0 N–H and O–H groups in total. The molecule has 230 valence electrons. The Labute approximate surface area is 291 Å². The number of hydrogen-bond acceptors (Lipinski definition) is 4. The van der Waals surface area contributed by atoms with Crippen LogP contribution in [0.3, 0.4) is 0 Å². The second-order valence-corrected chi connectivity index (χ2v) is 11.7. The van der Waals surface area contributed by atoms with E-state index in [0.717, 1.165) is 38.8 Å². The second kappa shape index (κ2) is 12.2. The quantitative estimate of drug-likeness (QED) is 0.183. The highest BCUT2D eigenvalue weighted by atomic mass is 16.3. The molecular formula is C45H29N3O. The highest BCUT2D eigenvalue weighted by molar-refractivity contribution is 6.16. The highest BCUT2D eigenvalue weighted by Crippen LogP contribution is 2.42. The van der Waals surface area contributed by atoms with Crippen molar-refractivity contribution in [3.05, 3.63) is 176 Å². The van der Waals surface area contributed by atoms with Gasteiger partial charge in [0.2, 0.25) is 0 Å². The second-order valence-electron chi connectivity index (χ2n) is 11.7. The molecule has 0 radical (unpaired) electrons. The van der Waals surface area contributed by atoms with Crippen LogP contribution in [0.2, 0.25) is 0 Å². The number of nitrogens with zero attached hydrogens (tertiary/aromatic N) is 3. The summed E-state index contributed by atoms with van der Waals surface area (Å²) in [5, 5.41) is 1.42. The van der Waals surface area contributed by atoms with Crippen LogP contribution < -0.4 is 0 Å².